The van der Waals surface area contributed by atoms with Crippen LogP contribution in [0.2, 0.25) is 0 Å². The van der Waals surface area contributed by atoms with E-state index in [1.807, 2.05) is 29.5 Å². The fourth-order valence-corrected chi connectivity index (χ4v) is 5.36. The van der Waals surface area contributed by atoms with Gasteiger partial charge in [0.2, 0.25) is 0 Å². The summed E-state index contributed by atoms with van der Waals surface area (Å²) in [6, 6.07) is 10.3. The number of rotatable bonds is 4. The molecule has 0 spiro atoms. The summed E-state index contributed by atoms with van der Waals surface area (Å²) in [7, 11) is 0. The Morgan fingerprint density at radius 3 is 2.75 bits per heavy atom. The third kappa shape index (κ3) is 3.01. The van der Waals surface area contributed by atoms with Crippen molar-refractivity contribution < 1.29 is 0 Å². The van der Waals surface area contributed by atoms with Crippen LogP contribution in [0.1, 0.15) is 30.2 Å². The van der Waals surface area contributed by atoms with Gasteiger partial charge >= 0.3 is 0 Å². The van der Waals surface area contributed by atoms with Gasteiger partial charge in [0, 0.05) is 21.6 Å². The van der Waals surface area contributed by atoms with Gasteiger partial charge in [-0.15, -0.1) is 23.1 Å². The van der Waals surface area contributed by atoms with Crippen LogP contribution in [0.3, 0.4) is 0 Å². The van der Waals surface area contributed by atoms with Gasteiger partial charge < -0.3 is 0 Å². The zero-order chi connectivity index (χ0) is 16.5. The molecule has 0 unspecified atom stereocenters. The Morgan fingerprint density at radius 2 is 1.96 bits per heavy atom. The lowest BCUT2D eigenvalue weighted by Crippen LogP contribution is -2.00. The molecule has 0 fully saturated rings. The van der Waals surface area contributed by atoms with Crippen molar-refractivity contribution in [3.8, 4) is 11.4 Å². The van der Waals surface area contributed by atoms with Crippen LogP contribution in [0.5, 0.6) is 0 Å². The Bertz CT molecular complexity index is 897. The molecule has 0 saturated carbocycles. The van der Waals surface area contributed by atoms with Gasteiger partial charge in [0.25, 0.3) is 0 Å². The quantitative estimate of drug-likeness (QED) is 0.332. The zero-order valence-electron chi connectivity index (χ0n) is 13.8. The maximum absolute atomic E-state index is 4.94. The number of hydrogen-bond acceptors (Lipinski definition) is 4. The summed E-state index contributed by atoms with van der Waals surface area (Å²) in [5.41, 5.74) is 3.77. The molecule has 0 atom stereocenters. The van der Waals surface area contributed by atoms with E-state index in [1.54, 1.807) is 11.8 Å². The lowest BCUT2D eigenvalue weighted by Gasteiger charge is -2.12. The number of aryl methyl sites for hydroxylation is 2. The summed E-state index contributed by atoms with van der Waals surface area (Å²) in [4.78, 5) is 12.5. The number of thioether (sulfide) groups is 1. The highest BCUT2D eigenvalue weighted by molar-refractivity contribution is 7.99. The van der Waals surface area contributed by atoms with E-state index in [9.17, 15) is 0 Å². The second-order valence-electron chi connectivity index (χ2n) is 6.36. The number of aromatic nitrogens is 2. The maximum atomic E-state index is 4.94. The van der Waals surface area contributed by atoms with Gasteiger partial charge in [-0.25, -0.2) is 9.97 Å². The van der Waals surface area contributed by atoms with E-state index in [1.165, 1.54) is 47.1 Å². The molecule has 1 aromatic carbocycles. The minimum Gasteiger partial charge on any atom is -0.221 e. The topological polar surface area (TPSA) is 25.8 Å². The minimum absolute atomic E-state index is 0.839. The number of benzene rings is 1. The summed E-state index contributed by atoms with van der Waals surface area (Å²) >= 11 is 3.67. The Hall–Kier alpha value is -1.65. The molecule has 2 aromatic heterocycles. The van der Waals surface area contributed by atoms with E-state index in [0.717, 1.165) is 27.0 Å². The highest BCUT2D eigenvalue weighted by atomic mass is 32.2. The summed E-state index contributed by atoms with van der Waals surface area (Å²) in [5, 5.41) is 2.43. The molecule has 1 aliphatic carbocycles. The lowest BCUT2D eigenvalue weighted by molar-refractivity contribution is 0.699. The molecule has 4 rings (SSSR count). The minimum atomic E-state index is 0.839. The molecular weight excluding hydrogens is 332 g/mol. The van der Waals surface area contributed by atoms with Gasteiger partial charge in [-0.1, -0.05) is 42.5 Å². The molecule has 2 nitrogen and oxygen atoms in total. The van der Waals surface area contributed by atoms with Crippen LogP contribution in [0.25, 0.3) is 21.6 Å². The molecule has 24 heavy (non-hydrogen) atoms. The number of hydrogen-bond donors (Lipinski definition) is 0. The normalized spacial score (nSPS) is 13.9. The average Bonchev–Trinajstić information content (AvgIpc) is 2.99. The molecule has 0 saturated heterocycles. The fraction of sp³-hybridized carbons (Fsp3) is 0.300. The molecule has 0 radical (unpaired) electrons. The number of thiophene rings is 1. The van der Waals surface area contributed by atoms with Crippen LogP contribution < -0.4 is 0 Å². The number of nitrogens with zero attached hydrogens (tertiary/aromatic N) is 2. The zero-order valence-corrected chi connectivity index (χ0v) is 15.5. The Balaban J connectivity index is 1.89. The largest absolute Gasteiger partial charge is 0.221 e. The first-order chi connectivity index (χ1) is 11.7. The molecule has 0 amide bonds. The maximum Gasteiger partial charge on any atom is 0.162 e. The van der Waals surface area contributed by atoms with E-state index in [2.05, 4.69) is 25.6 Å². The van der Waals surface area contributed by atoms with Crippen LogP contribution in [-0.2, 0) is 12.8 Å². The SMILES string of the molecule is C=C(C)CSc1nc(-c2ccccc2)nc2sc3c(c12)CCCC3. The predicted octanol–water partition coefficient (Wildman–Crippen LogP) is 5.91. The number of fused-ring (bicyclic) bond motifs is 3. The van der Waals surface area contributed by atoms with E-state index >= 15 is 0 Å². The van der Waals surface area contributed by atoms with Gasteiger partial charge in [-0.05, 0) is 38.2 Å². The molecular formula is C20H20N2S2. The van der Waals surface area contributed by atoms with E-state index in [4.69, 9.17) is 9.97 Å². The summed E-state index contributed by atoms with van der Waals surface area (Å²) in [5.74, 6) is 1.75. The predicted molar refractivity (Wildman–Crippen MR) is 105 cm³/mol. The molecule has 0 bridgehead atoms. The molecule has 0 N–H and O–H groups in total. The summed E-state index contributed by atoms with van der Waals surface area (Å²) in [6.07, 6.45) is 4.95. The first-order valence-electron chi connectivity index (χ1n) is 8.37. The summed E-state index contributed by atoms with van der Waals surface area (Å²) in [6.45, 7) is 6.12. The highest BCUT2D eigenvalue weighted by Crippen LogP contribution is 2.40. The van der Waals surface area contributed by atoms with Crippen molar-refractivity contribution in [1.29, 1.82) is 0 Å². The molecule has 2 heterocycles. The smallest absolute Gasteiger partial charge is 0.162 e. The lowest BCUT2D eigenvalue weighted by atomic mass is 9.97. The summed E-state index contributed by atoms with van der Waals surface area (Å²) < 4.78 is 0. The molecule has 122 valence electrons. The van der Waals surface area contributed by atoms with Gasteiger partial charge in [0.05, 0.1) is 0 Å². The van der Waals surface area contributed by atoms with Crippen LogP contribution in [0, 0.1) is 0 Å². The Morgan fingerprint density at radius 1 is 1.17 bits per heavy atom. The van der Waals surface area contributed by atoms with Crippen molar-refractivity contribution in [2.45, 2.75) is 37.6 Å². The van der Waals surface area contributed by atoms with E-state index in [-0.39, 0.29) is 0 Å². The van der Waals surface area contributed by atoms with Gasteiger partial charge in [0.15, 0.2) is 5.82 Å². The monoisotopic (exact) mass is 352 g/mol. The fourth-order valence-electron chi connectivity index (χ4n) is 3.14. The average molecular weight is 353 g/mol. The Kier molecular flexibility index (Phi) is 4.42. The first-order valence-corrected chi connectivity index (χ1v) is 10.2. The standard InChI is InChI=1S/C20H20N2S2/c1-13(2)12-23-19-17-15-10-6-7-11-16(15)24-20(17)22-18(21-19)14-8-4-3-5-9-14/h3-5,8-9H,1,6-7,10-12H2,2H3. The molecule has 1 aliphatic rings. The molecule has 3 aromatic rings. The van der Waals surface area contributed by atoms with Crippen molar-refractivity contribution in [3.63, 3.8) is 0 Å². The van der Waals surface area contributed by atoms with Crippen molar-refractivity contribution in [3.05, 3.63) is 52.9 Å². The molecule has 4 heteroatoms. The van der Waals surface area contributed by atoms with Gasteiger partial charge in [-0.2, -0.15) is 0 Å². The Labute approximate surface area is 151 Å². The highest BCUT2D eigenvalue weighted by Gasteiger charge is 2.21. The van der Waals surface area contributed by atoms with Crippen molar-refractivity contribution >= 4 is 33.3 Å². The van der Waals surface area contributed by atoms with Gasteiger partial charge in [-0.3, -0.25) is 0 Å². The van der Waals surface area contributed by atoms with Crippen LogP contribution in [-0.4, -0.2) is 15.7 Å². The van der Waals surface area contributed by atoms with E-state index in [0.29, 0.717) is 0 Å². The van der Waals surface area contributed by atoms with Crippen molar-refractivity contribution in [1.82, 2.24) is 9.97 Å². The second kappa shape index (κ2) is 6.69. The molecule has 0 aliphatic heterocycles. The van der Waals surface area contributed by atoms with Crippen LogP contribution in [0.15, 0.2) is 47.5 Å². The van der Waals surface area contributed by atoms with Crippen molar-refractivity contribution in [2.75, 3.05) is 5.75 Å². The van der Waals surface area contributed by atoms with E-state index < -0.39 is 0 Å². The first kappa shape index (κ1) is 15.9. The second-order valence-corrected chi connectivity index (χ2v) is 8.40. The van der Waals surface area contributed by atoms with Crippen LogP contribution >= 0.6 is 23.1 Å². The van der Waals surface area contributed by atoms with Gasteiger partial charge in [0.1, 0.15) is 9.86 Å². The third-order valence-electron chi connectivity index (χ3n) is 4.27. The van der Waals surface area contributed by atoms with Crippen molar-refractivity contribution in [2.24, 2.45) is 0 Å². The third-order valence-corrected chi connectivity index (χ3v) is 6.66. The van der Waals surface area contributed by atoms with Crippen LogP contribution in [0.4, 0.5) is 0 Å².